The number of anilines is 1. The van der Waals surface area contributed by atoms with Gasteiger partial charge in [-0.1, -0.05) is 0 Å². The number of rotatable bonds is 6. The van der Waals surface area contributed by atoms with E-state index < -0.39 is 28.0 Å². The minimum atomic E-state index is -1.56. The van der Waals surface area contributed by atoms with Gasteiger partial charge in [0, 0.05) is 25.8 Å². The first kappa shape index (κ1) is 13.8. The summed E-state index contributed by atoms with van der Waals surface area (Å²) in [5, 5.41) is 22.0. The molecule has 0 atom stereocenters. The van der Waals surface area contributed by atoms with Crippen molar-refractivity contribution >= 4 is 17.3 Å². The summed E-state index contributed by atoms with van der Waals surface area (Å²) in [6, 6.07) is 1.48. The summed E-state index contributed by atoms with van der Waals surface area (Å²) < 4.78 is 18.1. The van der Waals surface area contributed by atoms with Crippen LogP contribution in [0.3, 0.4) is 0 Å². The molecule has 1 rings (SSSR count). The van der Waals surface area contributed by atoms with Gasteiger partial charge < -0.3 is 15.2 Å². The Hall–Kier alpha value is -2.22. The highest BCUT2D eigenvalue weighted by atomic mass is 19.1. The standard InChI is InChI=1S/C10H11FN2O5/c1-18-3-2-12-8-5-7(11)6(10(14)15)4-9(8)13(16)17/h4-5,12H,2-3H2,1H3,(H,14,15). The molecule has 0 unspecified atom stereocenters. The maximum absolute atomic E-state index is 13.4. The van der Waals surface area contributed by atoms with E-state index in [1.807, 2.05) is 0 Å². The predicted molar refractivity (Wildman–Crippen MR) is 60.4 cm³/mol. The molecule has 1 aromatic rings. The van der Waals surface area contributed by atoms with E-state index in [4.69, 9.17) is 9.84 Å². The Morgan fingerprint density at radius 2 is 2.28 bits per heavy atom. The Balaban J connectivity index is 3.12. The van der Waals surface area contributed by atoms with Gasteiger partial charge in [0.15, 0.2) is 0 Å². The molecule has 98 valence electrons. The molecule has 2 N–H and O–H groups in total. The molecule has 0 saturated heterocycles. The van der Waals surface area contributed by atoms with E-state index in [0.717, 1.165) is 6.07 Å². The third-order valence-corrected chi connectivity index (χ3v) is 2.13. The van der Waals surface area contributed by atoms with Crippen molar-refractivity contribution in [3.63, 3.8) is 0 Å². The maximum atomic E-state index is 13.4. The molecule has 0 bridgehead atoms. The lowest BCUT2D eigenvalue weighted by molar-refractivity contribution is -0.384. The molecular formula is C10H11FN2O5. The second kappa shape index (κ2) is 5.92. The average molecular weight is 258 g/mol. The fourth-order valence-corrected chi connectivity index (χ4v) is 1.31. The van der Waals surface area contributed by atoms with Gasteiger partial charge in [-0.25, -0.2) is 9.18 Å². The molecule has 7 nitrogen and oxygen atoms in total. The van der Waals surface area contributed by atoms with Crippen LogP contribution in [0.2, 0.25) is 0 Å². The van der Waals surface area contributed by atoms with Crippen molar-refractivity contribution in [2.24, 2.45) is 0 Å². The molecule has 0 fully saturated rings. The van der Waals surface area contributed by atoms with Gasteiger partial charge in [0.1, 0.15) is 17.1 Å². The van der Waals surface area contributed by atoms with Gasteiger partial charge in [-0.3, -0.25) is 10.1 Å². The number of methoxy groups -OCH3 is 1. The van der Waals surface area contributed by atoms with E-state index in [2.05, 4.69) is 5.32 Å². The molecule has 0 aliphatic carbocycles. The summed E-state index contributed by atoms with van der Waals surface area (Å²) in [5.41, 5.74) is -1.32. The zero-order chi connectivity index (χ0) is 13.7. The van der Waals surface area contributed by atoms with E-state index in [1.165, 1.54) is 7.11 Å². The number of nitro benzene ring substituents is 1. The van der Waals surface area contributed by atoms with Crippen LogP contribution in [0.15, 0.2) is 12.1 Å². The number of carboxylic acid groups (broad SMARTS) is 1. The third-order valence-electron chi connectivity index (χ3n) is 2.13. The van der Waals surface area contributed by atoms with Gasteiger partial charge in [0.25, 0.3) is 5.69 Å². The van der Waals surface area contributed by atoms with Crippen LogP contribution in [0.1, 0.15) is 10.4 Å². The minimum Gasteiger partial charge on any atom is -0.478 e. The first-order valence-corrected chi connectivity index (χ1v) is 4.91. The Labute approximate surface area is 101 Å². The highest BCUT2D eigenvalue weighted by Gasteiger charge is 2.21. The fraction of sp³-hybridized carbons (Fsp3) is 0.300. The number of ether oxygens (including phenoxy) is 1. The SMILES string of the molecule is COCCNc1cc(F)c(C(=O)O)cc1[N+](=O)[O-]. The molecule has 8 heteroatoms. The zero-order valence-corrected chi connectivity index (χ0v) is 9.47. The average Bonchev–Trinajstić information content (AvgIpc) is 2.28. The first-order valence-electron chi connectivity index (χ1n) is 4.91. The summed E-state index contributed by atoms with van der Waals surface area (Å²) in [7, 11) is 1.45. The van der Waals surface area contributed by atoms with Crippen molar-refractivity contribution in [3.8, 4) is 0 Å². The molecule has 0 saturated carbocycles. The van der Waals surface area contributed by atoms with Crippen molar-refractivity contribution in [3.05, 3.63) is 33.6 Å². The van der Waals surface area contributed by atoms with Crippen LogP contribution in [-0.4, -0.2) is 36.3 Å². The summed E-state index contributed by atoms with van der Waals surface area (Å²) in [6.45, 7) is 0.517. The van der Waals surface area contributed by atoms with Crippen molar-refractivity contribution in [1.29, 1.82) is 0 Å². The van der Waals surface area contributed by atoms with Crippen LogP contribution < -0.4 is 5.32 Å². The van der Waals surface area contributed by atoms with Crippen molar-refractivity contribution in [2.75, 3.05) is 25.6 Å². The molecule has 0 aliphatic rings. The largest absolute Gasteiger partial charge is 0.478 e. The van der Waals surface area contributed by atoms with Gasteiger partial charge in [0.2, 0.25) is 0 Å². The zero-order valence-electron chi connectivity index (χ0n) is 9.47. The fourth-order valence-electron chi connectivity index (χ4n) is 1.31. The molecular weight excluding hydrogens is 247 g/mol. The molecule has 0 amide bonds. The lowest BCUT2D eigenvalue weighted by Gasteiger charge is -2.07. The number of nitrogens with zero attached hydrogens (tertiary/aromatic N) is 1. The summed E-state index contributed by atoms with van der Waals surface area (Å²) >= 11 is 0. The summed E-state index contributed by atoms with van der Waals surface area (Å²) in [4.78, 5) is 20.6. The van der Waals surface area contributed by atoms with Crippen molar-refractivity contribution in [1.82, 2.24) is 0 Å². The Kier molecular flexibility index (Phi) is 4.55. The van der Waals surface area contributed by atoms with Gasteiger partial charge >= 0.3 is 5.97 Å². The van der Waals surface area contributed by atoms with Crippen molar-refractivity contribution in [2.45, 2.75) is 0 Å². The number of halogens is 1. The van der Waals surface area contributed by atoms with Gasteiger partial charge in [-0.05, 0) is 0 Å². The maximum Gasteiger partial charge on any atom is 0.338 e. The van der Waals surface area contributed by atoms with Gasteiger partial charge in [-0.2, -0.15) is 0 Å². The predicted octanol–water partition coefficient (Wildman–Crippen LogP) is 1.49. The number of carboxylic acids is 1. The van der Waals surface area contributed by atoms with Crippen molar-refractivity contribution < 1.29 is 24.0 Å². The highest BCUT2D eigenvalue weighted by molar-refractivity contribution is 5.90. The second-order valence-electron chi connectivity index (χ2n) is 3.33. The lowest BCUT2D eigenvalue weighted by atomic mass is 10.1. The van der Waals surface area contributed by atoms with E-state index in [0.29, 0.717) is 6.07 Å². The molecule has 1 aromatic carbocycles. The number of carbonyl (C=O) groups is 1. The second-order valence-corrected chi connectivity index (χ2v) is 3.33. The van der Waals surface area contributed by atoms with Gasteiger partial charge in [0.05, 0.1) is 11.5 Å². The van der Waals surface area contributed by atoms with Crippen LogP contribution in [0.4, 0.5) is 15.8 Å². The Morgan fingerprint density at radius 3 is 2.78 bits per heavy atom. The van der Waals surface area contributed by atoms with Crippen LogP contribution in [-0.2, 0) is 4.74 Å². The van der Waals surface area contributed by atoms with Gasteiger partial charge in [-0.15, -0.1) is 0 Å². The number of aromatic carboxylic acids is 1. The molecule has 0 spiro atoms. The van der Waals surface area contributed by atoms with E-state index >= 15 is 0 Å². The van der Waals surface area contributed by atoms with E-state index in [9.17, 15) is 19.3 Å². The minimum absolute atomic E-state index is 0.0837. The van der Waals surface area contributed by atoms with Crippen LogP contribution in [0.25, 0.3) is 0 Å². The number of benzene rings is 1. The molecule has 18 heavy (non-hydrogen) atoms. The monoisotopic (exact) mass is 258 g/mol. The lowest BCUT2D eigenvalue weighted by Crippen LogP contribution is -2.11. The quantitative estimate of drug-likeness (QED) is 0.455. The topological polar surface area (TPSA) is 102 Å². The van der Waals surface area contributed by atoms with E-state index in [1.54, 1.807) is 0 Å². The van der Waals surface area contributed by atoms with E-state index in [-0.39, 0.29) is 18.8 Å². The molecule has 0 heterocycles. The smallest absolute Gasteiger partial charge is 0.338 e. The number of nitro groups is 1. The Morgan fingerprint density at radius 1 is 1.61 bits per heavy atom. The number of hydrogen-bond acceptors (Lipinski definition) is 5. The Bertz CT molecular complexity index is 478. The number of hydrogen-bond donors (Lipinski definition) is 2. The summed E-state index contributed by atoms with van der Waals surface area (Å²) in [6.07, 6.45) is 0. The van der Waals surface area contributed by atoms with Crippen LogP contribution in [0, 0.1) is 15.9 Å². The summed E-state index contributed by atoms with van der Waals surface area (Å²) in [5.74, 6) is -2.59. The first-order chi connectivity index (χ1) is 8.47. The van der Waals surface area contributed by atoms with Crippen LogP contribution >= 0.6 is 0 Å². The number of nitrogens with one attached hydrogen (secondary N) is 1. The molecule has 0 aromatic heterocycles. The molecule has 0 radical (unpaired) electrons. The molecule has 0 aliphatic heterocycles. The van der Waals surface area contributed by atoms with Crippen LogP contribution in [0.5, 0.6) is 0 Å². The third kappa shape index (κ3) is 3.14. The normalized spacial score (nSPS) is 10.1. The highest BCUT2D eigenvalue weighted by Crippen LogP contribution is 2.27.